The van der Waals surface area contributed by atoms with Crippen LogP contribution in [0.5, 0.6) is 11.5 Å². The van der Waals surface area contributed by atoms with Crippen LogP contribution in [0.2, 0.25) is 0 Å². The highest BCUT2D eigenvalue weighted by molar-refractivity contribution is 5.98. The topological polar surface area (TPSA) is 51.9 Å². The number of carbonyl (C=O) groups is 1. The van der Waals surface area contributed by atoms with E-state index < -0.39 is 0 Å². The molecule has 0 fully saturated rings. The zero-order valence-electron chi connectivity index (χ0n) is 15.8. The van der Waals surface area contributed by atoms with Gasteiger partial charge in [0, 0.05) is 24.5 Å². The zero-order chi connectivity index (χ0) is 18.8. The molecule has 5 nitrogen and oxygen atoms in total. The first-order valence-electron chi connectivity index (χ1n) is 8.40. The minimum absolute atomic E-state index is 0.147. The van der Waals surface area contributed by atoms with Gasteiger partial charge in [0.15, 0.2) is 17.3 Å². The number of hydrogen-bond acceptors (Lipinski definition) is 4. The van der Waals surface area contributed by atoms with Gasteiger partial charge < -0.3 is 18.8 Å². The fraction of sp³-hybridized carbons (Fsp3) is 0.286. The molecule has 26 heavy (non-hydrogen) atoms. The summed E-state index contributed by atoms with van der Waals surface area (Å²) < 4.78 is 16.4. The Morgan fingerprint density at radius 2 is 1.77 bits per heavy atom. The summed E-state index contributed by atoms with van der Waals surface area (Å²) in [7, 11) is 4.95. The molecule has 0 saturated carbocycles. The molecular weight excluding hydrogens is 330 g/mol. The lowest BCUT2D eigenvalue weighted by Crippen LogP contribution is -2.26. The van der Waals surface area contributed by atoms with Gasteiger partial charge in [0.05, 0.1) is 14.2 Å². The molecule has 2 aromatic carbocycles. The van der Waals surface area contributed by atoms with Gasteiger partial charge in [-0.3, -0.25) is 4.79 Å². The number of ether oxygens (including phenoxy) is 2. The molecule has 5 heteroatoms. The fourth-order valence-corrected chi connectivity index (χ4v) is 3.04. The van der Waals surface area contributed by atoms with E-state index in [1.807, 2.05) is 50.2 Å². The van der Waals surface area contributed by atoms with Gasteiger partial charge in [-0.2, -0.15) is 0 Å². The largest absolute Gasteiger partial charge is 0.493 e. The van der Waals surface area contributed by atoms with Gasteiger partial charge in [-0.15, -0.1) is 0 Å². The van der Waals surface area contributed by atoms with Crippen LogP contribution in [-0.2, 0) is 6.54 Å². The third-order valence-electron chi connectivity index (χ3n) is 4.50. The minimum Gasteiger partial charge on any atom is -0.493 e. The molecule has 0 aliphatic carbocycles. The van der Waals surface area contributed by atoms with E-state index in [1.54, 1.807) is 26.2 Å². The molecule has 1 amide bonds. The second kappa shape index (κ2) is 7.12. The molecule has 0 atom stereocenters. The van der Waals surface area contributed by atoms with Crippen molar-refractivity contribution in [2.24, 2.45) is 0 Å². The number of fused-ring (bicyclic) bond motifs is 1. The van der Waals surface area contributed by atoms with Gasteiger partial charge in [0.2, 0.25) is 0 Å². The Morgan fingerprint density at radius 3 is 2.46 bits per heavy atom. The molecule has 0 bridgehead atoms. The number of furan rings is 1. The summed E-state index contributed by atoms with van der Waals surface area (Å²) in [5.41, 5.74) is 3.69. The molecule has 0 saturated heterocycles. The van der Waals surface area contributed by atoms with E-state index in [0.717, 1.165) is 27.7 Å². The molecule has 0 radical (unpaired) electrons. The van der Waals surface area contributed by atoms with Crippen molar-refractivity contribution in [3.05, 3.63) is 58.8 Å². The van der Waals surface area contributed by atoms with E-state index in [9.17, 15) is 4.79 Å². The smallest absolute Gasteiger partial charge is 0.289 e. The van der Waals surface area contributed by atoms with Gasteiger partial charge in [-0.25, -0.2) is 0 Å². The van der Waals surface area contributed by atoms with Crippen LogP contribution < -0.4 is 9.47 Å². The van der Waals surface area contributed by atoms with Crippen molar-refractivity contribution >= 4 is 16.9 Å². The fourth-order valence-electron chi connectivity index (χ4n) is 3.04. The number of carbonyl (C=O) groups excluding carboxylic acids is 1. The van der Waals surface area contributed by atoms with E-state index in [4.69, 9.17) is 13.9 Å². The second-order valence-corrected chi connectivity index (χ2v) is 6.41. The number of amides is 1. The quantitative estimate of drug-likeness (QED) is 0.685. The van der Waals surface area contributed by atoms with Crippen LogP contribution >= 0.6 is 0 Å². The molecule has 136 valence electrons. The molecule has 0 aliphatic heterocycles. The van der Waals surface area contributed by atoms with Gasteiger partial charge >= 0.3 is 0 Å². The molecule has 0 aliphatic rings. The van der Waals surface area contributed by atoms with E-state index in [0.29, 0.717) is 23.8 Å². The van der Waals surface area contributed by atoms with Gasteiger partial charge in [0.25, 0.3) is 5.91 Å². The normalized spacial score (nSPS) is 10.8. The number of aryl methyl sites for hydroxylation is 2. The van der Waals surface area contributed by atoms with Gasteiger partial charge in [-0.1, -0.05) is 17.7 Å². The SMILES string of the molecule is COc1ccc(CN(C)C(=O)c2oc3ccc(C)cc3c2C)cc1OC. The van der Waals surface area contributed by atoms with E-state index in [2.05, 4.69) is 0 Å². The lowest BCUT2D eigenvalue weighted by atomic mass is 10.1. The average Bonchev–Trinajstić information content (AvgIpc) is 2.97. The van der Waals surface area contributed by atoms with Crippen LogP contribution in [0.4, 0.5) is 0 Å². The Bertz CT molecular complexity index is 958. The maximum atomic E-state index is 12.9. The molecule has 3 aromatic rings. The molecule has 0 spiro atoms. The lowest BCUT2D eigenvalue weighted by Gasteiger charge is -2.17. The van der Waals surface area contributed by atoms with Crippen LogP contribution in [0.1, 0.15) is 27.2 Å². The summed E-state index contributed by atoms with van der Waals surface area (Å²) in [6.45, 7) is 4.38. The average molecular weight is 353 g/mol. The number of methoxy groups -OCH3 is 2. The standard InChI is InChI=1S/C21H23NO4/c1-13-6-8-17-16(10-13)14(2)20(26-17)21(23)22(3)12-15-7-9-18(24-4)19(11-15)25-5/h6-11H,12H2,1-5H3. The van der Waals surface area contributed by atoms with Crippen molar-refractivity contribution in [3.63, 3.8) is 0 Å². The predicted octanol–water partition coefficient (Wildman–Crippen LogP) is 4.34. The van der Waals surface area contributed by atoms with Crippen molar-refractivity contribution < 1.29 is 18.7 Å². The van der Waals surface area contributed by atoms with Crippen molar-refractivity contribution in [2.75, 3.05) is 21.3 Å². The lowest BCUT2D eigenvalue weighted by molar-refractivity contribution is 0.0754. The summed E-state index contributed by atoms with van der Waals surface area (Å²) >= 11 is 0. The molecule has 3 rings (SSSR count). The highest BCUT2D eigenvalue weighted by Crippen LogP contribution is 2.29. The molecule has 0 unspecified atom stereocenters. The Kier molecular flexibility index (Phi) is 4.89. The van der Waals surface area contributed by atoms with E-state index in [-0.39, 0.29) is 5.91 Å². The predicted molar refractivity (Wildman–Crippen MR) is 101 cm³/mol. The van der Waals surface area contributed by atoms with Crippen molar-refractivity contribution in [3.8, 4) is 11.5 Å². The third kappa shape index (κ3) is 3.25. The number of hydrogen-bond donors (Lipinski definition) is 0. The van der Waals surface area contributed by atoms with Crippen LogP contribution in [0.3, 0.4) is 0 Å². The molecular formula is C21H23NO4. The monoisotopic (exact) mass is 353 g/mol. The van der Waals surface area contributed by atoms with Gasteiger partial charge in [-0.05, 0) is 43.7 Å². The number of benzene rings is 2. The van der Waals surface area contributed by atoms with Crippen molar-refractivity contribution in [1.82, 2.24) is 4.90 Å². The minimum atomic E-state index is -0.147. The maximum absolute atomic E-state index is 12.9. The van der Waals surface area contributed by atoms with Crippen LogP contribution in [0.25, 0.3) is 11.0 Å². The zero-order valence-corrected chi connectivity index (χ0v) is 15.8. The van der Waals surface area contributed by atoms with Crippen LogP contribution in [0, 0.1) is 13.8 Å². The molecule has 1 heterocycles. The maximum Gasteiger partial charge on any atom is 0.289 e. The summed E-state index contributed by atoms with van der Waals surface area (Å²) in [6, 6.07) is 11.5. The highest BCUT2D eigenvalue weighted by atomic mass is 16.5. The number of rotatable bonds is 5. The summed E-state index contributed by atoms with van der Waals surface area (Å²) in [6.07, 6.45) is 0. The first kappa shape index (κ1) is 17.9. The molecule has 1 aromatic heterocycles. The van der Waals surface area contributed by atoms with Crippen molar-refractivity contribution in [1.29, 1.82) is 0 Å². The first-order valence-corrected chi connectivity index (χ1v) is 8.40. The molecule has 0 N–H and O–H groups in total. The Balaban J connectivity index is 1.85. The highest BCUT2D eigenvalue weighted by Gasteiger charge is 2.21. The van der Waals surface area contributed by atoms with Crippen LogP contribution in [0.15, 0.2) is 40.8 Å². The summed E-state index contributed by atoms with van der Waals surface area (Å²) in [5, 5.41) is 0.980. The van der Waals surface area contributed by atoms with Crippen molar-refractivity contribution in [2.45, 2.75) is 20.4 Å². The van der Waals surface area contributed by atoms with Gasteiger partial charge in [0.1, 0.15) is 5.58 Å². The Morgan fingerprint density at radius 1 is 1.04 bits per heavy atom. The Hall–Kier alpha value is -2.95. The van der Waals surface area contributed by atoms with Crippen LogP contribution in [-0.4, -0.2) is 32.1 Å². The third-order valence-corrected chi connectivity index (χ3v) is 4.50. The Labute approximate surface area is 153 Å². The van der Waals surface area contributed by atoms with E-state index >= 15 is 0 Å². The first-order chi connectivity index (χ1) is 12.4. The number of nitrogens with zero attached hydrogens (tertiary/aromatic N) is 1. The summed E-state index contributed by atoms with van der Waals surface area (Å²) in [5.74, 6) is 1.54. The second-order valence-electron chi connectivity index (χ2n) is 6.41. The van der Waals surface area contributed by atoms with E-state index in [1.165, 1.54) is 0 Å². The summed E-state index contributed by atoms with van der Waals surface area (Å²) in [4.78, 5) is 14.5.